The number of carbonyl (C=O) groups is 2. The van der Waals surface area contributed by atoms with Crippen LogP contribution in [-0.4, -0.2) is 84.9 Å². The second-order valence-electron chi connectivity index (χ2n) is 7.09. The first-order valence-corrected chi connectivity index (χ1v) is 9.14. The van der Waals surface area contributed by atoms with Gasteiger partial charge in [-0.25, -0.2) is 9.78 Å². The number of hydrogen-bond donors (Lipinski definition) is 0. The highest BCUT2D eigenvalue weighted by Crippen LogP contribution is 2.27. The third kappa shape index (κ3) is 3.39. The van der Waals surface area contributed by atoms with Gasteiger partial charge in [-0.3, -0.25) is 9.69 Å². The summed E-state index contributed by atoms with van der Waals surface area (Å²) in [7, 11) is 0. The van der Waals surface area contributed by atoms with Crippen LogP contribution in [0.1, 0.15) is 12.8 Å². The smallest absolute Gasteiger partial charge is 0.320 e. The molecule has 0 unspecified atom stereocenters. The van der Waals surface area contributed by atoms with E-state index >= 15 is 0 Å². The molecule has 0 bridgehead atoms. The standard InChI is InChI=1S/C18H24N4O4/c23-16-11-26-18(13-22(16)15-5-1-2-6-19-15)12-21(9-10-25-14-18)17(24)20-7-3-4-8-20/h1-2,5-6H,3-4,7-14H2/t18-/m0/s1. The highest BCUT2D eigenvalue weighted by atomic mass is 16.6. The number of aromatic nitrogens is 1. The summed E-state index contributed by atoms with van der Waals surface area (Å²) >= 11 is 0. The molecule has 1 aromatic heterocycles. The Kier molecular flexibility index (Phi) is 4.78. The summed E-state index contributed by atoms with van der Waals surface area (Å²) < 4.78 is 11.7. The third-order valence-electron chi connectivity index (χ3n) is 5.17. The van der Waals surface area contributed by atoms with Crippen LogP contribution in [0.5, 0.6) is 0 Å². The summed E-state index contributed by atoms with van der Waals surface area (Å²) in [5.41, 5.74) is -0.725. The number of carbonyl (C=O) groups excluding carboxylic acids is 2. The summed E-state index contributed by atoms with van der Waals surface area (Å²) in [6.45, 7) is 3.69. The zero-order chi connectivity index (χ0) is 18.0. The lowest BCUT2D eigenvalue weighted by Crippen LogP contribution is -2.62. The molecule has 4 rings (SSSR count). The van der Waals surface area contributed by atoms with E-state index in [0.29, 0.717) is 38.7 Å². The molecule has 26 heavy (non-hydrogen) atoms. The predicted octanol–water partition coefficient (Wildman–Crippen LogP) is 0.732. The predicted molar refractivity (Wildman–Crippen MR) is 93.9 cm³/mol. The number of nitrogens with zero attached hydrogens (tertiary/aromatic N) is 4. The molecule has 140 valence electrons. The molecule has 8 heteroatoms. The molecule has 0 saturated carbocycles. The van der Waals surface area contributed by atoms with E-state index in [1.807, 2.05) is 28.0 Å². The van der Waals surface area contributed by atoms with Gasteiger partial charge in [-0.15, -0.1) is 0 Å². The fraction of sp³-hybridized carbons (Fsp3) is 0.611. The van der Waals surface area contributed by atoms with Gasteiger partial charge in [0.25, 0.3) is 5.91 Å². The molecule has 3 aliphatic rings. The molecule has 8 nitrogen and oxygen atoms in total. The maximum atomic E-state index is 12.8. The number of urea groups is 1. The Hall–Kier alpha value is -2.19. The van der Waals surface area contributed by atoms with E-state index in [1.165, 1.54) is 0 Å². The number of morpholine rings is 1. The van der Waals surface area contributed by atoms with Crippen molar-refractivity contribution in [3.63, 3.8) is 0 Å². The van der Waals surface area contributed by atoms with Gasteiger partial charge < -0.3 is 19.3 Å². The number of anilines is 1. The normalized spacial score (nSPS) is 27.1. The van der Waals surface area contributed by atoms with E-state index < -0.39 is 5.60 Å². The SMILES string of the molecule is O=C(N1CCCC1)N1CCOC[C@]2(C1)CN(c1ccccn1)C(=O)CO2. The van der Waals surface area contributed by atoms with Gasteiger partial charge in [0.05, 0.1) is 26.3 Å². The number of hydrogen-bond acceptors (Lipinski definition) is 5. The molecule has 3 saturated heterocycles. The molecular weight excluding hydrogens is 336 g/mol. The Labute approximate surface area is 152 Å². The molecule has 0 aliphatic carbocycles. The minimum absolute atomic E-state index is 0.0360. The fourth-order valence-corrected chi connectivity index (χ4v) is 3.80. The van der Waals surface area contributed by atoms with Gasteiger partial charge in [0.15, 0.2) is 0 Å². The first kappa shape index (κ1) is 17.2. The Morgan fingerprint density at radius 3 is 2.73 bits per heavy atom. The van der Waals surface area contributed by atoms with E-state index in [0.717, 1.165) is 25.9 Å². The van der Waals surface area contributed by atoms with Crippen molar-refractivity contribution in [2.75, 3.05) is 57.4 Å². The molecule has 1 spiro atoms. The van der Waals surface area contributed by atoms with Crippen LogP contribution < -0.4 is 4.90 Å². The fourth-order valence-electron chi connectivity index (χ4n) is 3.80. The van der Waals surface area contributed by atoms with Gasteiger partial charge in [-0.05, 0) is 25.0 Å². The van der Waals surface area contributed by atoms with Crippen molar-refractivity contribution in [2.45, 2.75) is 18.4 Å². The number of likely N-dealkylation sites (tertiary alicyclic amines) is 1. The van der Waals surface area contributed by atoms with Crippen LogP contribution in [0.15, 0.2) is 24.4 Å². The Balaban J connectivity index is 1.53. The van der Waals surface area contributed by atoms with Crippen molar-refractivity contribution in [3.8, 4) is 0 Å². The van der Waals surface area contributed by atoms with Crippen LogP contribution in [0.4, 0.5) is 10.6 Å². The van der Waals surface area contributed by atoms with E-state index in [-0.39, 0.29) is 18.5 Å². The molecule has 3 aliphatic heterocycles. The van der Waals surface area contributed by atoms with Gasteiger partial charge >= 0.3 is 6.03 Å². The molecule has 0 radical (unpaired) electrons. The van der Waals surface area contributed by atoms with Crippen LogP contribution in [0.3, 0.4) is 0 Å². The largest absolute Gasteiger partial charge is 0.376 e. The average molecular weight is 360 g/mol. The number of amides is 3. The van der Waals surface area contributed by atoms with E-state index in [1.54, 1.807) is 11.1 Å². The van der Waals surface area contributed by atoms with Crippen molar-refractivity contribution in [3.05, 3.63) is 24.4 Å². The summed E-state index contributed by atoms with van der Waals surface area (Å²) in [5, 5.41) is 0. The van der Waals surface area contributed by atoms with Gasteiger partial charge in [-0.1, -0.05) is 6.07 Å². The minimum atomic E-state index is -0.725. The zero-order valence-electron chi connectivity index (χ0n) is 14.8. The average Bonchev–Trinajstić information content (AvgIpc) is 3.13. The van der Waals surface area contributed by atoms with Crippen molar-refractivity contribution < 1.29 is 19.1 Å². The Morgan fingerprint density at radius 1 is 1.12 bits per heavy atom. The van der Waals surface area contributed by atoms with Crippen LogP contribution in [0.2, 0.25) is 0 Å². The summed E-state index contributed by atoms with van der Waals surface area (Å²) in [6.07, 6.45) is 3.77. The summed E-state index contributed by atoms with van der Waals surface area (Å²) in [5.74, 6) is 0.470. The van der Waals surface area contributed by atoms with Gasteiger partial charge in [0.1, 0.15) is 18.0 Å². The summed E-state index contributed by atoms with van der Waals surface area (Å²) in [6, 6.07) is 5.51. The lowest BCUT2D eigenvalue weighted by atomic mass is 10.0. The van der Waals surface area contributed by atoms with Gasteiger partial charge in [0, 0.05) is 25.8 Å². The first-order valence-electron chi connectivity index (χ1n) is 9.14. The number of pyridine rings is 1. The van der Waals surface area contributed by atoms with E-state index in [4.69, 9.17) is 9.47 Å². The quantitative estimate of drug-likeness (QED) is 0.738. The monoisotopic (exact) mass is 360 g/mol. The zero-order valence-corrected chi connectivity index (χ0v) is 14.8. The van der Waals surface area contributed by atoms with Crippen molar-refractivity contribution in [1.82, 2.24) is 14.8 Å². The molecule has 1 atom stereocenters. The molecule has 0 aromatic carbocycles. The van der Waals surface area contributed by atoms with Crippen LogP contribution >= 0.6 is 0 Å². The highest BCUT2D eigenvalue weighted by molar-refractivity contribution is 5.94. The molecular formula is C18H24N4O4. The van der Waals surface area contributed by atoms with Crippen LogP contribution in [0.25, 0.3) is 0 Å². The number of ether oxygens (including phenoxy) is 2. The second-order valence-corrected chi connectivity index (χ2v) is 7.09. The van der Waals surface area contributed by atoms with Crippen molar-refractivity contribution in [1.29, 1.82) is 0 Å². The first-order chi connectivity index (χ1) is 12.7. The van der Waals surface area contributed by atoms with Gasteiger partial charge in [0.2, 0.25) is 0 Å². The van der Waals surface area contributed by atoms with Crippen LogP contribution in [-0.2, 0) is 14.3 Å². The Morgan fingerprint density at radius 2 is 1.96 bits per heavy atom. The molecule has 3 amide bonds. The maximum Gasteiger partial charge on any atom is 0.320 e. The third-order valence-corrected chi connectivity index (χ3v) is 5.17. The molecule has 1 aromatic rings. The second kappa shape index (κ2) is 7.20. The number of rotatable bonds is 1. The topological polar surface area (TPSA) is 75.2 Å². The highest BCUT2D eigenvalue weighted by Gasteiger charge is 2.45. The minimum Gasteiger partial charge on any atom is -0.376 e. The van der Waals surface area contributed by atoms with Crippen molar-refractivity contribution >= 4 is 17.8 Å². The summed E-state index contributed by atoms with van der Waals surface area (Å²) in [4.78, 5) is 34.8. The molecule has 3 fully saturated rings. The maximum absolute atomic E-state index is 12.8. The van der Waals surface area contributed by atoms with Gasteiger partial charge in [-0.2, -0.15) is 0 Å². The van der Waals surface area contributed by atoms with Crippen molar-refractivity contribution in [2.24, 2.45) is 0 Å². The molecule has 0 N–H and O–H groups in total. The van der Waals surface area contributed by atoms with E-state index in [9.17, 15) is 9.59 Å². The molecule has 4 heterocycles. The lowest BCUT2D eigenvalue weighted by Gasteiger charge is -2.42. The lowest BCUT2D eigenvalue weighted by molar-refractivity contribution is -0.145. The van der Waals surface area contributed by atoms with Crippen LogP contribution in [0, 0.1) is 0 Å². The van der Waals surface area contributed by atoms with E-state index in [2.05, 4.69) is 4.98 Å². The Bertz CT molecular complexity index is 664.